The molecule has 1 unspecified atom stereocenters. The monoisotopic (exact) mass is 568 g/mol. The zero-order valence-electron chi connectivity index (χ0n) is 19.8. The molecule has 1 saturated heterocycles. The molecule has 7 nitrogen and oxygen atoms in total. The van der Waals surface area contributed by atoms with E-state index in [0.717, 1.165) is 15.6 Å². The number of alkyl halides is 2. The van der Waals surface area contributed by atoms with Crippen molar-refractivity contribution >= 4 is 34.6 Å². The summed E-state index contributed by atoms with van der Waals surface area (Å²) in [5, 5.41) is 6.62. The van der Waals surface area contributed by atoms with Crippen molar-refractivity contribution in [1.29, 1.82) is 0 Å². The molecule has 1 aromatic carbocycles. The van der Waals surface area contributed by atoms with Gasteiger partial charge in [0.1, 0.15) is 23.9 Å². The SMILES string of the molecule is O=C(Cn1cc(Cl)cc(C(F)F)c1=O)N1CCC(c2nc(C3=NOC(c4c(F)cccc4F)C3)cs2)CC1. The summed E-state index contributed by atoms with van der Waals surface area (Å²) in [5.41, 5.74) is -0.766. The van der Waals surface area contributed by atoms with Gasteiger partial charge < -0.3 is 14.3 Å². The van der Waals surface area contributed by atoms with Gasteiger partial charge in [-0.25, -0.2) is 22.5 Å². The Labute approximate surface area is 223 Å². The molecule has 200 valence electrons. The molecule has 2 aliphatic heterocycles. The van der Waals surface area contributed by atoms with Gasteiger partial charge in [0, 0.05) is 37.0 Å². The van der Waals surface area contributed by atoms with Gasteiger partial charge in [-0.2, -0.15) is 0 Å². The molecule has 2 aromatic heterocycles. The van der Waals surface area contributed by atoms with Crippen molar-refractivity contribution in [2.75, 3.05) is 13.1 Å². The zero-order valence-corrected chi connectivity index (χ0v) is 21.3. The quantitative estimate of drug-likeness (QED) is 0.371. The molecular weight excluding hydrogens is 548 g/mol. The molecule has 2 aliphatic rings. The van der Waals surface area contributed by atoms with Crippen LogP contribution in [0.2, 0.25) is 5.02 Å². The van der Waals surface area contributed by atoms with Crippen molar-refractivity contribution < 1.29 is 27.2 Å². The lowest BCUT2D eigenvalue weighted by Crippen LogP contribution is -2.41. The van der Waals surface area contributed by atoms with Gasteiger partial charge in [0.2, 0.25) is 5.91 Å². The van der Waals surface area contributed by atoms with Gasteiger partial charge >= 0.3 is 0 Å². The Kier molecular flexibility index (Phi) is 7.53. The average Bonchev–Trinajstić information content (AvgIpc) is 3.56. The zero-order chi connectivity index (χ0) is 27.0. The van der Waals surface area contributed by atoms with Gasteiger partial charge in [0.15, 0.2) is 6.10 Å². The molecule has 3 aromatic rings. The third-order valence-electron chi connectivity index (χ3n) is 6.63. The van der Waals surface area contributed by atoms with Crippen molar-refractivity contribution in [1.82, 2.24) is 14.5 Å². The number of nitrogens with zero attached hydrogens (tertiary/aromatic N) is 4. The maximum Gasteiger partial charge on any atom is 0.269 e. The van der Waals surface area contributed by atoms with E-state index in [1.807, 2.05) is 5.38 Å². The summed E-state index contributed by atoms with van der Waals surface area (Å²) in [7, 11) is 0. The lowest BCUT2D eigenvalue weighted by molar-refractivity contribution is -0.133. The maximum absolute atomic E-state index is 14.1. The number of carbonyl (C=O) groups is 1. The number of thiazole rings is 1. The van der Waals surface area contributed by atoms with Crippen LogP contribution in [0.3, 0.4) is 0 Å². The first kappa shape index (κ1) is 26.4. The fourth-order valence-electron chi connectivity index (χ4n) is 4.63. The number of amides is 1. The van der Waals surface area contributed by atoms with Crippen LogP contribution in [-0.2, 0) is 16.2 Å². The van der Waals surface area contributed by atoms with Gasteiger partial charge in [0.05, 0.1) is 26.9 Å². The van der Waals surface area contributed by atoms with Crippen LogP contribution < -0.4 is 5.56 Å². The van der Waals surface area contributed by atoms with Crippen LogP contribution in [0, 0.1) is 11.6 Å². The number of hydrogen-bond acceptors (Lipinski definition) is 6. The number of halogens is 5. The van der Waals surface area contributed by atoms with E-state index in [9.17, 15) is 27.2 Å². The molecule has 0 radical (unpaired) electrons. The molecule has 0 saturated carbocycles. The van der Waals surface area contributed by atoms with E-state index >= 15 is 0 Å². The van der Waals surface area contributed by atoms with Crippen LogP contribution >= 0.6 is 22.9 Å². The molecule has 38 heavy (non-hydrogen) atoms. The number of hydrogen-bond donors (Lipinski definition) is 0. The minimum absolute atomic E-state index is 0.0476. The van der Waals surface area contributed by atoms with Crippen LogP contribution in [0.4, 0.5) is 17.6 Å². The number of carbonyl (C=O) groups excluding carboxylic acids is 1. The molecule has 4 heterocycles. The van der Waals surface area contributed by atoms with Gasteiger partial charge in [0.25, 0.3) is 12.0 Å². The van der Waals surface area contributed by atoms with Crippen LogP contribution in [0.1, 0.15) is 59.5 Å². The maximum atomic E-state index is 14.1. The first-order valence-corrected chi connectivity index (χ1v) is 13.0. The predicted molar refractivity (Wildman–Crippen MR) is 133 cm³/mol. The number of rotatable bonds is 6. The normalized spacial score (nSPS) is 18.1. The van der Waals surface area contributed by atoms with Crippen LogP contribution in [0.15, 0.2) is 45.8 Å². The summed E-state index contributed by atoms with van der Waals surface area (Å²) >= 11 is 7.29. The molecule has 0 spiro atoms. The summed E-state index contributed by atoms with van der Waals surface area (Å²) in [4.78, 5) is 36.6. The second-order valence-electron chi connectivity index (χ2n) is 9.04. The Morgan fingerprint density at radius 3 is 2.61 bits per heavy atom. The largest absolute Gasteiger partial charge is 0.387 e. The first-order chi connectivity index (χ1) is 18.2. The lowest BCUT2D eigenvalue weighted by Gasteiger charge is -2.31. The molecule has 0 aliphatic carbocycles. The number of likely N-dealkylation sites (tertiary alicyclic amines) is 1. The fourth-order valence-corrected chi connectivity index (χ4v) is 5.86. The van der Waals surface area contributed by atoms with Gasteiger partial charge in [-0.05, 0) is 31.0 Å². The molecule has 0 bridgehead atoms. The van der Waals surface area contributed by atoms with E-state index in [2.05, 4.69) is 10.1 Å². The Bertz CT molecular complexity index is 1430. The van der Waals surface area contributed by atoms with Crippen LogP contribution in [-0.4, -0.2) is 39.2 Å². The Balaban J connectivity index is 1.19. The van der Waals surface area contributed by atoms with E-state index in [1.54, 1.807) is 4.90 Å². The second kappa shape index (κ2) is 10.9. The first-order valence-electron chi connectivity index (χ1n) is 11.8. The third-order valence-corrected chi connectivity index (χ3v) is 7.84. The van der Waals surface area contributed by atoms with E-state index in [4.69, 9.17) is 16.4 Å². The molecule has 1 amide bonds. The van der Waals surface area contributed by atoms with Crippen molar-refractivity contribution in [3.63, 3.8) is 0 Å². The van der Waals surface area contributed by atoms with E-state index in [1.165, 1.54) is 35.7 Å². The Morgan fingerprint density at radius 1 is 1.21 bits per heavy atom. The highest BCUT2D eigenvalue weighted by Crippen LogP contribution is 2.35. The average molecular weight is 569 g/mol. The highest BCUT2D eigenvalue weighted by atomic mass is 35.5. The minimum atomic E-state index is -2.99. The molecule has 1 atom stereocenters. The van der Waals surface area contributed by atoms with Gasteiger partial charge in [-0.3, -0.25) is 9.59 Å². The van der Waals surface area contributed by atoms with Gasteiger partial charge in [-0.1, -0.05) is 22.8 Å². The molecule has 5 rings (SSSR count). The molecule has 13 heteroatoms. The van der Waals surface area contributed by atoms with E-state index < -0.39 is 35.3 Å². The van der Waals surface area contributed by atoms with Crippen molar-refractivity contribution in [2.24, 2.45) is 5.16 Å². The van der Waals surface area contributed by atoms with Crippen molar-refractivity contribution in [2.45, 2.75) is 44.3 Å². The number of aromatic nitrogens is 2. The second-order valence-corrected chi connectivity index (χ2v) is 10.4. The van der Waals surface area contributed by atoms with E-state index in [-0.39, 0.29) is 35.4 Å². The van der Waals surface area contributed by atoms with E-state index in [0.29, 0.717) is 37.3 Å². The number of benzene rings is 1. The summed E-state index contributed by atoms with van der Waals surface area (Å²) in [5.74, 6) is -1.67. The third kappa shape index (κ3) is 5.32. The summed E-state index contributed by atoms with van der Waals surface area (Å²) in [6.45, 7) is 0.441. The lowest BCUT2D eigenvalue weighted by atomic mass is 9.97. The fraction of sp³-hybridized carbons (Fsp3) is 0.360. The predicted octanol–water partition coefficient (Wildman–Crippen LogP) is 5.45. The van der Waals surface area contributed by atoms with Crippen molar-refractivity contribution in [3.8, 4) is 0 Å². The van der Waals surface area contributed by atoms with Crippen LogP contribution in [0.5, 0.6) is 0 Å². The molecule has 1 fully saturated rings. The Hall–Kier alpha value is -3.25. The number of oxime groups is 1. The molecule has 0 N–H and O–H groups in total. The topological polar surface area (TPSA) is 76.8 Å². The molecular formula is C25H21ClF4N4O3S. The summed E-state index contributed by atoms with van der Waals surface area (Å²) < 4.78 is 55.3. The highest BCUT2D eigenvalue weighted by molar-refractivity contribution is 7.10. The van der Waals surface area contributed by atoms with Crippen molar-refractivity contribution in [3.05, 3.63) is 84.7 Å². The highest BCUT2D eigenvalue weighted by Gasteiger charge is 2.31. The summed E-state index contributed by atoms with van der Waals surface area (Å²) in [6, 6.07) is 4.54. The minimum Gasteiger partial charge on any atom is -0.387 e. The summed E-state index contributed by atoms with van der Waals surface area (Å²) in [6.07, 6.45) is -1.25. The van der Waals surface area contributed by atoms with Gasteiger partial charge in [-0.15, -0.1) is 11.3 Å². The number of piperidine rings is 1. The Morgan fingerprint density at radius 2 is 1.92 bits per heavy atom. The number of pyridine rings is 1. The smallest absolute Gasteiger partial charge is 0.269 e. The standard InChI is InChI=1S/C25H21ClF4N4O3S/c26-14-8-15(23(29)30)25(36)34(10-14)11-21(35)33-6-4-13(5-7-33)24-31-19(12-38-24)18-9-20(37-32-18)22-16(27)2-1-3-17(22)28/h1-3,8,10,12-13,20,23H,4-7,9,11H2. The van der Waals surface area contributed by atoms with Crippen LogP contribution in [0.25, 0.3) is 0 Å².